The molecule has 1 aromatic rings. The Morgan fingerprint density at radius 3 is 2.67 bits per heavy atom. The average Bonchev–Trinajstić information content (AvgIpc) is 2.72. The molecule has 0 spiro atoms. The lowest BCUT2D eigenvalue weighted by atomic mass is 10.2. The van der Waals surface area contributed by atoms with E-state index in [4.69, 9.17) is 0 Å². The zero-order valence-electron chi connectivity index (χ0n) is 8.54. The molecule has 0 aliphatic carbocycles. The van der Waals surface area contributed by atoms with Gasteiger partial charge in [0.05, 0.1) is 18.7 Å². The van der Waals surface area contributed by atoms with Crippen LogP contribution >= 0.6 is 0 Å². The third-order valence-corrected chi connectivity index (χ3v) is 2.97. The topological polar surface area (TPSA) is 40.5 Å². The highest BCUT2D eigenvalue weighted by Crippen LogP contribution is 2.29. The van der Waals surface area contributed by atoms with Crippen molar-refractivity contribution < 1.29 is 9.90 Å². The molecule has 0 radical (unpaired) electrons. The van der Waals surface area contributed by atoms with Gasteiger partial charge in [0, 0.05) is 5.69 Å². The molecule has 1 aliphatic rings. The van der Waals surface area contributed by atoms with Crippen LogP contribution in [0, 0.1) is 0 Å². The molecule has 1 aromatic carbocycles. The first-order valence-corrected chi connectivity index (χ1v) is 5.26. The van der Waals surface area contributed by atoms with Gasteiger partial charge in [-0.15, -0.1) is 0 Å². The Labute approximate surface area is 89.3 Å². The Bertz CT molecular complexity index is 326. The fourth-order valence-corrected chi connectivity index (χ4v) is 2.23. The fraction of sp³-hybridized carbons (Fsp3) is 0.417. The zero-order valence-corrected chi connectivity index (χ0v) is 8.54. The monoisotopic (exact) mass is 205 g/mol. The number of aldehydes is 1. The second-order valence-electron chi connectivity index (χ2n) is 3.86. The van der Waals surface area contributed by atoms with Crippen molar-refractivity contribution in [2.24, 2.45) is 0 Å². The van der Waals surface area contributed by atoms with E-state index in [1.807, 2.05) is 35.2 Å². The van der Waals surface area contributed by atoms with E-state index in [2.05, 4.69) is 0 Å². The summed E-state index contributed by atoms with van der Waals surface area (Å²) in [4.78, 5) is 12.9. The summed E-state index contributed by atoms with van der Waals surface area (Å²) in [7, 11) is 0. The van der Waals surface area contributed by atoms with Crippen molar-refractivity contribution in [1.82, 2.24) is 0 Å². The summed E-state index contributed by atoms with van der Waals surface area (Å²) >= 11 is 0. The first kappa shape index (κ1) is 10.2. The van der Waals surface area contributed by atoms with Gasteiger partial charge in [-0.2, -0.15) is 0 Å². The Morgan fingerprint density at radius 2 is 2.07 bits per heavy atom. The van der Waals surface area contributed by atoms with Gasteiger partial charge in [0.2, 0.25) is 0 Å². The quantitative estimate of drug-likeness (QED) is 0.754. The minimum Gasteiger partial charge on any atom is -0.394 e. The predicted molar refractivity (Wildman–Crippen MR) is 58.9 cm³/mol. The third-order valence-electron chi connectivity index (χ3n) is 2.97. The van der Waals surface area contributed by atoms with Crippen molar-refractivity contribution in [1.29, 1.82) is 0 Å². The molecule has 2 rings (SSSR count). The molecule has 0 bridgehead atoms. The number of rotatable bonds is 3. The molecule has 1 heterocycles. The van der Waals surface area contributed by atoms with Crippen molar-refractivity contribution in [3.8, 4) is 0 Å². The lowest BCUT2D eigenvalue weighted by Crippen LogP contribution is -2.38. The third kappa shape index (κ3) is 1.88. The Balaban J connectivity index is 2.27. The van der Waals surface area contributed by atoms with Crippen LogP contribution in [0.5, 0.6) is 0 Å². The highest BCUT2D eigenvalue weighted by atomic mass is 16.3. The van der Waals surface area contributed by atoms with Gasteiger partial charge in [0.25, 0.3) is 0 Å². The number of benzene rings is 1. The van der Waals surface area contributed by atoms with E-state index in [9.17, 15) is 9.90 Å². The second-order valence-corrected chi connectivity index (χ2v) is 3.86. The van der Waals surface area contributed by atoms with Crippen molar-refractivity contribution in [3.63, 3.8) is 0 Å². The van der Waals surface area contributed by atoms with Crippen molar-refractivity contribution in [3.05, 3.63) is 30.3 Å². The molecule has 1 N–H and O–H groups in total. The number of para-hydroxylation sites is 1. The van der Waals surface area contributed by atoms with Crippen LogP contribution < -0.4 is 4.90 Å². The highest BCUT2D eigenvalue weighted by Gasteiger charge is 2.32. The number of hydrogen-bond acceptors (Lipinski definition) is 3. The maximum absolute atomic E-state index is 10.9. The van der Waals surface area contributed by atoms with Crippen molar-refractivity contribution in [2.45, 2.75) is 24.9 Å². The Morgan fingerprint density at radius 1 is 1.33 bits per heavy atom. The van der Waals surface area contributed by atoms with Gasteiger partial charge >= 0.3 is 0 Å². The normalized spacial score (nSPS) is 25.5. The van der Waals surface area contributed by atoms with Gasteiger partial charge in [-0.3, -0.25) is 0 Å². The van der Waals surface area contributed by atoms with Gasteiger partial charge < -0.3 is 14.8 Å². The van der Waals surface area contributed by atoms with Gasteiger partial charge in [-0.25, -0.2) is 0 Å². The van der Waals surface area contributed by atoms with Crippen molar-refractivity contribution in [2.75, 3.05) is 11.5 Å². The Kier molecular flexibility index (Phi) is 3.02. The lowest BCUT2D eigenvalue weighted by Gasteiger charge is -2.28. The summed E-state index contributed by atoms with van der Waals surface area (Å²) in [6.45, 7) is 0.110. The first-order valence-electron chi connectivity index (χ1n) is 5.26. The first-order chi connectivity index (χ1) is 7.36. The molecule has 1 fully saturated rings. The van der Waals surface area contributed by atoms with Gasteiger partial charge in [0.15, 0.2) is 0 Å². The Hall–Kier alpha value is -1.35. The van der Waals surface area contributed by atoms with Crippen LogP contribution in [0.4, 0.5) is 5.69 Å². The lowest BCUT2D eigenvalue weighted by molar-refractivity contribution is -0.108. The molecular weight excluding hydrogens is 190 g/mol. The number of nitrogens with zero attached hydrogens (tertiary/aromatic N) is 1. The SMILES string of the molecule is O=CC1CC[C@@H](CO)N1c1ccccc1. The van der Waals surface area contributed by atoms with Crippen LogP contribution in [0.3, 0.4) is 0 Å². The molecule has 0 saturated carbocycles. The van der Waals surface area contributed by atoms with E-state index >= 15 is 0 Å². The summed E-state index contributed by atoms with van der Waals surface area (Å²) in [6.07, 6.45) is 2.70. The molecule has 1 aliphatic heterocycles. The minimum absolute atomic E-state index is 0.0791. The van der Waals surface area contributed by atoms with Crippen LogP contribution in [0.25, 0.3) is 0 Å². The van der Waals surface area contributed by atoms with E-state index in [0.29, 0.717) is 0 Å². The molecule has 3 heteroatoms. The summed E-state index contributed by atoms with van der Waals surface area (Å²) in [5.41, 5.74) is 1.02. The van der Waals surface area contributed by atoms with Gasteiger partial charge in [-0.1, -0.05) is 18.2 Å². The van der Waals surface area contributed by atoms with E-state index < -0.39 is 0 Å². The van der Waals surface area contributed by atoms with E-state index in [1.54, 1.807) is 0 Å². The summed E-state index contributed by atoms with van der Waals surface area (Å²) in [6, 6.07) is 9.80. The largest absolute Gasteiger partial charge is 0.394 e. The maximum atomic E-state index is 10.9. The van der Waals surface area contributed by atoms with Crippen LogP contribution in [0.2, 0.25) is 0 Å². The van der Waals surface area contributed by atoms with Crippen LogP contribution in [0.1, 0.15) is 12.8 Å². The molecule has 0 amide bonds. The molecular formula is C12H15NO2. The number of hydrogen-bond donors (Lipinski definition) is 1. The van der Waals surface area contributed by atoms with Crippen LogP contribution in [0.15, 0.2) is 30.3 Å². The zero-order chi connectivity index (χ0) is 10.7. The standard InChI is InChI=1S/C12H15NO2/c14-8-11-6-7-12(9-15)13(11)10-4-2-1-3-5-10/h1-5,8,11-12,15H,6-7,9H2/t11?,12-/m0/s1. The number of carbonyl (C=O) groups is 1. The van der Waals surface area contributed by atoms with Crippen LogP contribution in [-0.2, 0) is 4.79 Å². The van der Waals surface area contributed by atoms with Gasteiger partial charge in [-0.05, 0) is 25.0 Å². The molecule has 15 heavy (non-hydrogen) atoms. The van der Waals surface area contributed by atoms with Crippen LogP contribution in [-0.4, -0.2) is 30.1 Å². The van der Waals surface area contributed by atoms with Crippen molar-refractivity contribution >= 4 is 12.0 Å². The average molecular weight is 205 g/mol. The number of aliphatic hydroxyl groups excluding tert-OH is 1. The number of aliphatic hydroxyl groups is 1. The molecule has 80 valence electrons. The second kappa shape index (κ2) is 4.45. The number of carbonyl (C=O) groups excluding carboxylic acids is 1. The van der Waals surface area contributed by atoms with E-state index in [-0.39, 0.29) is 18.7 Å². The summed E-state index contributed by atoms with van der Waals surface area (Å²) < 4.78 is 0. The summed E-state index contributed by atoms with van der Waals surface area (Å²) in [5, 5.41) is 9.25. The molecule has 1 unspecified atom stereocenters. The van der Waals surface area contributed by atoms with E-state index in [1.165, 1.54) is 0 Å². The molecule has 1 saturated heterocycles. The minimum atomic E-state index is -0.0791. The fourth-order valence-electron chi connectivity index (χ4n) is 2.23. The summed E-state index contributed by atoms with van der Waals surface area (Å²) in [5.74, 6) is 0. The van der Waals surface area contributed by atoms with E-state index in [0.717, 1.165) is 24.8 Å². The number of anilines is 1. The maximum Gasteiger partial charge on any atom is 0.142 e. The van der Waals surface area contributed by atoms with Gasteiger partial charge in [0.1, 0.15) is 6.29 Å². The predicted octanol–water partition coefficient (Wildman–Crippen LogP) is 1.22. The molecule has 3 nitrogen and oxygen atoms in total. The highest BCUT2D eigenvalue weighted by molar-refractivity contribution is 5.68. The molecule has 2 atom stereocenters. The smallest absolute Gasteiger partial charge is 0.142 e. The molecule has 0 aromatic heterocycles.